The molecule has 0 aliphatic rings. The number of nitrogens with zero attached hydrogens (tertiary/aromatic N) is 2. The van der Waals surface area contributed by atoms with Gasteiger partial charge in [-0.1, -0.05) is 30.3 Å². The van der Waals surface area contributed by atoms with Crippen molar-refractivity contribution >= 4 is 23.0 Å². The van der Waals surface area contributed by atoms with Crippen LogP contribution in [0.15, 0.2) is 67.0 Å². The number of rotatable bonds is 9. The van der Waals surface area contributed by atoms with E-state index < -0.39 is 0 Å². The summed E-state index contributed by atoms with van der Waals surface area (Å²) < 4.78 is 10.7. The molecule has 0 saturated carbocycles. The molecule has 2 heterocycles. The van der Waals surface area contributed by atoms with Crippen molar-refractivity contribution in [2.75, 3.05) is 28.3 Å². The fraction of sp³-hybridized carbons (Fsp3) is 0.241. The lowest BCUT2D eigenvalue weighted by Crippen LogP contribution is -2.24. The van der Waals surface area contributed by atoms with Crippen molar-refractivity contribution in [2.24, 2.45) is 0 Å². The molecule has 0 unspecified atom stereocenters. The maximum absolute atomic E-state index is 12.7. The first-order valence-corrected chi connectivity index (χ1v) is 11.8. The molecule has 0 aliphatic carbocycles. The maximum atomic E-state index is 12.7. The molecule has 4 rings (SSSR count). The number of methoxy groups -OCH3 is 2. The second-order valence-corrected chi connectivity index (χ2v) is 8.94. The van der Waals surface area contributed by atoms with Gasteiger partial charge in [0, 0.05) is 36.0 Å². The first kappa shape index (κ1) is 25.0. The normalized spacial score (nSPS) is 12.3. The van der Waals surface area contributed by atoms with Crippen molar-refractivity contribution in [1.82, 2.24) is 20.2 Å². The molecule has 0 fully saturated rings. The SMILES string of the molecule is COc1ccc([C@@H](C)NC(=O)/C=C/c2c[nH]c3nccc(-c4ccc(CN(C)C)cc4)c23)cc1OC. The molecule has 2 N–H and O–H groups in total. The fourth-order valence-corrected chi connectivity index (χ4v) is 4.24. The molecule has 36 heavy (non-hydrogen) atoms. The third-order valence-corrected chi connectivity index (χ3v) is 6.05. The minimum absolute atomic E-state index is 0.190. The highest BCUT2D eigenvalue weighted by Crippen LogP contribution is 2.32. The number of fused-ring (bicyclic) bond motifs is 1. The van der Waals surface area contributed by atoms with E-state index in [9.17, 15) is 4.79 Å². The Hall–Kier alpha value is -4.10. The van der Waals surface area contributed by atoms with Crippen LogP contribution >= 0.6 is 0 Å². The number of H-pyrrole nitrogens is 1. The van der Waals surface area contributed by atoms with Crippen LogP contribution in [0, 0.1) is 0 Å². The van der Waals surface area contributed by atoms with E-state index in [2.05, 4.69) is 58.5 Å². The van der Waals surface area contributed by atoms with Crippen molar-refractivity contribution in [2.45, 2.75) is 19.5 Å². The number of nitrogens with one attached hydrogen (secondary N) is 2. The van der Waals surface area contributed by atoms with Crippen LogP contribution in [0.4, 0.5) is 0 Å². The van der Waals surface area contributed by atoms with Crippen molar-refractivity contribution in [3.8, 4) is 22.6 Å². The Morgan fingerprint density at radius 3 is 2.53 bits per heavy atom. The summed E-state index contributed by atoms with van der Waals surface area (Å²) in [4.78, 5) is 22.6. The Balaban J connectivity index is 1.53. The van der Waals surface area contributed by atoms with Crippen LogP contribution in [0.3, 0.4) is 0 Å². The molecule has 4 aromatic rings. The first-order valence-electron chi connectivity index (χ1n) is 11.8. The fourth-order valence-electron chi connectivity index (χ4n) is 4.24. The van der Waals surface area contributed by atoms with Gasteiger partial charge in [0.2, 0.25) is 5.91 Å². The molecule has 7 nitrogen and oxygen atoms in total. The second-order valence-electron chi connectivity index (χ2n) is 8.94. The number of carbonyl (C=O) groups excluding carboxylic acids is 1. The van der Waals surface area contributed by atoms with Crippen molar-refractivity contribution in [3.63, 3.8) is 0 Å². The van der Waals surface area contributed by atoms with E-state index in [0.717, 1.165) is 39.8 Å². The van der Waals surface area contributed by atoms with E-state index in [1.54, 1.807) is 26.5 Å². The number of pyridine rings is 1. The molecular formula is C29H32N4O3. The molecule has 0 radical (unpaired) electrons. The summed E-state index contributed by atoms with van der Waals surface area (Å²) in [6.45, 7) is 2.82. The van der Waals surface area contributed by atoms with Gasteiger partial charge in [-0.05, 0) is 67.5 Å². The van der Waals surface area contributed by atoms with Crippen molar-refractivity contribution < 1.29 is 14.3 Å². The smallest absolute Gasteiger partial charge is 0.244 e. The Kier molecular flexibility index (Phi) is 7.71. The van der Waals surface area contributed by atoms with Crippen LogP contribution < -0.4 is 14.8 Å². The van der Waals surface area contributed by atoms with Crippen LogP contribution in [0.1, 0.15) is 29.7 Å². The lowest BCUT2D eigenvalue weighted by molar-refractivity contribution is -0.117. The lowest BCUT2D eigenvalue weighted by atomic mass is 10.00. The summed E-state index contributed by atoms with van der Waals surface area (Å²) in [5.41, 5.74) is 6.03. The van der Waals surface area contributed by atoms with Crippen LogP contribution in [0.25, 0.3) is 28.2 Å². The molecule has 186 valence electrons. The number of hydrogen-bond donors (Lipinski definition) is 2. The minimum Gasteiger partial charge on any atom is -0.493 e. The largest absolute Gasteiger partial charge is 0.493 e. The van der Waals surface area contributed by atoms with E-state index in [1.165, 1.54) is 5.56 Å². The van der Waals surface area contributed by atoms with Gasteiger partial charge in [-0.15, -0.1) is 0 Å². The summed E-state index contributed by atoms with van der Waals surface area (Å²) >= 11 is 0. The highest BCUT2D eigenvalue weighted by Gasteiger charge is 2.13. The molecule has 1 amide bonds. The number of aromatic amines is 1. The Morgan fingerprint density at radius 2 is 1.83 bits per heavy atom. The van der Waals surface area contributed by atoms with E-state index in [0.29, 0.717) is 11.5 Å². The zero-order chi connectivity index (χ0) is 25.7. The Bertz CT molecular complexity index is 1370. The highest BCUT2D eigenvalue weighted by molar-refractivity contribution is 6.01. The predicted octanol–water partition coefficient (Wildman–Crippen LogP) is 5.20. The zero-order valence-corrected chi connectivity index (χ0v) is 21.3. The summed E-state index contributed by atoms with van der Waals surface area (Å²) in [6, 6.07) is 16.0. The Morgan fingerprint density at radius 1 is 1.08 bits per heavy atom. The number of aromatic nitrogens is 2. The van der Waals surface area contributed by atoms with Gasteiger partial charge in [-0.25, -0.2) is 4.98 Å². The summed E-state index contributed by atoms with van der Waals surface area (Å²) in [5, 5.41) is 3.99. The van der Waals surface area contributed by atoms with Gasteiger partial charge in [0.05, 0.1) is 20.3 Å². The molecule has 0 aliphatic heterocycles. The predicted molar refractivity (Wildman–Crippen MR) is 144 cm³/mol. The van der Waals surface area contributed by atoms with E-state index in [1.807, 2.05) is 43.5 Å². The minimum atomic E-state index is -0.206. The zero-order valence-electron chi connectivity index (χ0n) is 21.3. The van der Waals surface area contributed by atoms with Crippen molar-refractivity contribution in [3.05, 3.63) is 83.7 Å². The van der Waals surface area contributed by atoms with E-state index in [4.69, 9.17) is 9.47 Å². The van der Waals surface area contributed by atoms with Crippen LogP contribution in [-0.2, 0) is 11.3 Å². The third-order valence-electron chi connectivity index (χ3n) is 6.05. The lowest BCUT2D eigenvalue weighted by Gasteiger charge is -2.15. The topological polar surface area (TPSA) is 79.5 Å². The van der Waals surface area contributed by atoms with Crippen molar-refractivity contribution in [1.29, 1.82) is 0 Å². The van der Waals surface area contributed by atoms with Gasteiger partial charge in [-0.3, -0.25) is 4.79 Å². The van der Waals surface area contributed by atoms with Crippen LogP contribution in [0.2, 0.25) is 0 Å². The highest BCUT2D eigenvalue weighted by atomic mass is 16.5. The van der Waals surface area contributed by atoms with Gasteiger partial charge in [0.15, 0.2) is 11.5 Å². The van der Waals surface area contributed by atoms with E-state index >= 15 is 0 Å². The molecule has 2 aromatic heterocycles. The monoisotopic (exact) mass is 484 g/mol. The third kappa shape index (κ3) is 5.58. The molecule has 0 bridgehead atoms. The average molecular weight is 485 g/mol. The van der Waals surface area contributed by atoms with Gasteiger partial charge in [0.1, 0.15) is 5.65 Å². The Labute approximate surface area is 211 Å². The van der Waals surface area contributed by atoms with Crippen LogP contribution in [0.5, 0.6) is 11.5 Å². The maximum Gasteiger partial charge on any atom is 0.244 e. The standard InChI is InChI=1S/C29H32N4O3/c1-19(22-10-12-25(35-4)26(16-22)36-5)32-27(34)13-11-23-17-31-29-28(23)24(14-15-30-29)21-8-6-20(7-9-21)18-33(2)3/h6-17,19H,18H2,1-5H3,(H,30,31)(H,32,34)/b13-11+/t19-/m1/s1. The number of benzene rings is 2. The quantitative estimate of drug-likeness (QED) is 0.319. The average Bonchev–Trinajstić information content (AvgIpc) is 3.30. The number of ether oxygens (including phenoxy) is 2. The van der Waals surface area contributed by atoms with Gasteiger partial charge in [0.25, 0.3) is 0 Å². The molecule has 2 aromatic carbocycles. The summed E-state index contributed by atoms with van der Waals surface area (Å²) in [7, 11) is 7.31. The molecule has 0 spiro atoms. The second kappa shape index (κ2) is 11.1. The van der Waals surface area contributed by atoms with E-state index in [-0.39, 0.29) is 11.9 Å². The first-order chi connectivity index (χ1) is 17.4. The molecule has 1 atom stereocenters. The summed E-state index contributed by atoms with van der Waals surface area (Å²) in [5.74, 6) is 1.08. The number of carbonyl (C=O) groups is 1. The molecular weight excluding hydrogens is 452 g/mol. The number of amides is 1. The van der Waals surface area contributed by atoms with Gasteiger partial charge < -0.3 is 24.7 Å². The van der Waals surface area contributed by atoms with Gasteiger partial charge in [-0.2, -0.15) is 0 Å². The van der Waals surface area contributed by atoms with Gasteiger partial charge >= 0.3 is 0 Å². The molecule has 7 heteroatoms. The molecule has 0 saturated heterocycles. The number of hydrogen-bond acceptors (Lipinski definition) is 5. The summed E-state index contributed by atoms with van der Waals surface area (Å²) in [6.07, 6.45) is 7.05. The van der Waals surface area contributed by atoms with Crippen LogP contribution in [-0.4, -0.2) is 49.1 Å².